The fourth-order valence-electron chi connectivity index (χ4n) is 1.91. The molecular formula is C16H23N. The van der Waals surface area contributed by atoms with Crippen LogP contribution in [0.1, 0.15) is 39.7 Å². The molecule has 1 N–H and O–H groups in total. The van der Waals surface area contributed by atoms with E-state index in [-0.39, 0.29) is 0 Å². The Labute approximate surface area is 105 Å². The van der Waals surface area contributed by atoms with E-state index in [2.05, 4.69) is 69.4 Å². The fraction of sp³-hybridized carbons (Fsp3) is 0.375. The Morgan fingerprint density at radius 2 is 1.94 bits per heavy atom. The third-order valence-corrected chi connectivity index (χ3v) is 2.89. The molecule has 17 heavy (non-hydrogen) atoms. The van der Waals surface area contributed by atoms with E-state index in [1.165, 1.54) is 22.5 Å². The molecule has 0 radical (unpaired) electrons. The number of aryl methyl sites for hydroxylation is 1. The van der Waals surface area contributed by atoms with E-state index in [9.17, 15) is 0 Å². The zero-order chi connectivity index (χ0) is 12.7. The average molecular weight is 229 g/mol. The van der Waals surface area contributed by atoms with Crippen LogP contribution in [0.15, 0.2) is 47.7 Å². The third-order valence-electron chi connectivity index (χ3n) is 2.89. The number of hydrogen-bond acceptors (Lipinski definition) is 1. The van der Waals surface area contributed by atoms with Crippen molar-refractivity contribution in [1.29, 1.82) is 0 Å². The summed E-state index contributed by atoms with van der Waals surface area (Å²) in [4.78, 5) is 0. The highest BCUT2D eigenvalue weighted by Crippen LogP contribution is 2.20. The minimum absolute atomic E-state index is 1.05. The fourth-order valence-corrected chi connectivity index (χ4v) is 1.91. The van der Waals surface area contributed by atoms with Crippen molar-refractivity contribution in [3.05, 3.63) is 53.3 Å². The van der Waals surface area contributed by atoms with Crippen LogP contribution in [0, 0.1) is 0 Å². The molecule has 1 nitrogen and oxygen atoms in total. The number of rotatable bonds is 5. The smallest absolute Gasteiger partial charge is 0.0416 e. The molecule has 0 aliphatic heterocycles. The Morgan fingerprint density at radius 1 is 1.24 bits per heavy atom. The molecule has 92 valence electrons. The molecule has 0 unspecified atom stereocenters. The van der Waals surface area contributed by atoms with Gasteiger partial charge in [-0.25, -0.2) is 0 Å². The molecule has 0 amide bonds. The second-order valence-electron chi connectivity index (χ2n) is 4.13. The van der Waals surface area contributed by atoms with Crippen molar-refractivity contribution in [1.82, 2.24) is 0 Å². The number of allylic oxidation sites excluding steroid dienone is 3. The van der Waals surface area contributed by atoms with Crippen LogP contribution < -0.4 is 5.32 Å². The first-order chi connectivity index (χ1) is 8.22. The normalized spacial score (nSPS) is 12.7. The molecule has 0 bridgehead atoms. The highest BCUT2D eigenvalue weighted by atomic mass is 14.9. The molecule has 0 aromatic heterocycles. The van der Waals surface area contributed by atoms with Crippen molar-refractivity contribution in [3.8, 4) is 0 Å². The summed E-state index contributed by atoms with van der Waals surface area (Å²) in [6, 6.07) is 8.48. The molecule has 0 saturated carbocycles. The van der Waals surface area contributed by atoms with E-state index >= 15 is 0 Å². The summed E-state index contributed by atoms with van der Waals surface area (Å²) >= 11 is 0. The molecule has 0 atom stereocenters. The minimum Gasteiger partial charge on any atom is -0.355 e. The first kappa shape index (κ1) is 13.6. The van der Waals surface area contributed by atoms with E-state index in [0.29, 0.717) is 0 Å². The van der Waals surface area contributed by atoms with Gasteiger partial charge in [0.2, 0.25) is 0 Å². The van der Waals surface area contributed by atoms with E-state index in [1.54, 1.807) is 0 Å². The Hall–Kier alpha value is -1.50. The molecule has 1 aromatic rings. The van der Waals surface area contributed by atoms with Gasteiger partial charge in [0.25, 0.3) is 0 Å². The van der Waals surface area contributed by atoms with Crippen molar-refractivity contribution in [2.75, 3.05) is 5.32 Å². The van der Waals surface area contributed by atoms with Gasteiger partial charge < -0.3 is 5.32 Å². The summed E-state index contributed by atoms with van der Waals surface area (Å²) in [5.74, 6) is 0. The van der Waals surface area contributed by atoms with Gasteiger partial charge in [-0.05, 0) is 43.9 Å². The molecule has 0 aliphatic carbocycles. The zero-order valence-electron chi connectivity index (χ0n) is 11.4. The van der Waals surface area contributed by atoms with E-state index in [1.807, 2.05) is 0 Å². The van der Waals surface area contributed by atoms with Crippen molar-refractivity contribution < 1.29 is 0 Å². The van der Waals surface area contributed by atoms with Crippen LogP contribution in [0.4, 0.5) is 5.69 Å². The highest BCUT2D eigenvalue weighted by molar-refractivity contribution is 5.57. The molecule has 1 rings (SSSR count). The summed E-state index contributed by atoms with van der Waals surface area (Å²) in [5.41, 5.74) is 5.08. The average Bonchev–Trinajstić information content (AvgIpc) is 2.36. The SMILES string of the molecule is C/C=C(Nc1ccccc1CC)\C(C)=C/CC. The number of nitrogens with one attached hydrogen (secondary N) is 1. The maximum atomic E-state index is 3.53. The monoisotopic (exact) mass is 229 g/mol. The van der Waals surface area contributed by atoms with Crippen molar-refractivity contribution in [3.63, 3.8) is 0 Å². The van der Waals surface area contributed by atoms with Crippen molar-refractivity contribution >= 4 is 5.69 Å². The van der Waals surface area contributed by atoms with Crippen LogP contribution in [-0.4, -0.2) is 0 Å². The lowest BCUT2D eigenvalue weighted by molar-refractivity contribution is 1.13. The van der Waals surface area contributed by atoms with Gasteiger partial charge in [0.1, 0.15) is 0 Å². The maximum Gasteiger partial charge on any atom is 0.0416 e. The molecule has 0 fully saturated rings. The zero-order valence-corrected chi connectivity index (χ0v) is 11.4. The van der Waals surface area contributed by atoms with Gasteiger partial charge in [-0.2, -0.15) is 0 Å². The predicted octanol–water partition coefficient (Wildman–Crippen LogP) is 4.92. The number of hydrogen-bond donors (Lipinski definition) is 1. The summed E-state index contributed by atoms with van der Waals surface area (Å²) in [5, 5.41) is 3.53. The van der Waals surface area contributed by atoms with Crippen LogP contribution >= 0.6 is 0 Å². The van der Waals surface area contributed by atoms with Crippen LogP contribution in [0.3, 0.4) is 0 Å². The molecule has 1 aromatic carbocycles. The highest BCUT2D eigenvalue weighted by Gasteiger charge is 2.02. The lowest BCUT2D eigenvalue weighted by Gasteiger charge is -2.14. The van der Waals surface area contributed by atoms with E-state index in [0.717, 1.165) is 12.8 Å². The third kappa shape index (κ3) is 3.77. The topological polar surface area (TPSA) is 12.0 Å². The van der Waals surface area contributed by atoms with Gasteiger partial charge in [0.15, 0.2) is 0 Å². The Morgan fingerprint density at radius 3 is 2.53 bits per heavy atom. The summed E-state index contributed by atoms with van der Waals surface area (Å²) in [7, 11) is 0. The second kappa shape index (κ2) is 6.95. The standard InChI is InChI=1S/C16H23N/c1-5-10-13(4)15(7-3)17-16-12-9-8-11-14(16)6-2/h7-12,17H,5-6H2,1-4H3/b13-10-,15-7+. The number of anilines is 1. The molecule has 1 heteroatoms. The van der Waals surface area contributed by atoms with Crippen LogP contribution in [0.2, 0.25) is 0 Å². The number of benzene rings is 1. The maximum absolute atomic E-state index is 3.53. The second-order valence-corrected chi connectivity index (χ2v) is 4.13. The quantitative estimate of drug-likeness (QED) is 0.706. The molecule has 0 aliphatic rings. The van der Waals surface area contributed by atoms with E-state index in [4.69, 9.17) is 0 Å². The van der Waals surface area contributed by atoms with Gasteiger partial charge in [-0.15, -0.1) is 0 Å². The van der Waals surface area contributed by atoms with Gasteiger partial charge in [0, 0.05) is 11.4 Å². The van der Waals surface area contributed by atoms with Crippen LogP contribution in [0.5, 0.6) is 0 Å². The lowest BCUT2D eigenvalue weighted by Crippen LogP contribution is -2.03. The molecular weight excluding hydrogens is 206 g/mol. The molecule has 0 saturated heterocycles. The predicted molar refractivity (Wildman–Crippen MR) is 77.2 cm³/mol. The van der Waals surface area contributed by atoms with Crippen molar-refractivity contribution in [2.24, 2.45) is 0 Å². The van der Waals surface area contributed by atoms with Gasteiger partial charge in [0.05, 0.1) is 0 Å². The van der Waals surface area contributed by atoms with Gasteiger partial charge in [-0.3, -0.25) is 0 Å². The lowest BCUT2D eigenvalue weighted by atomic mass is 10.1. The van der Waals surface area contributed by atoms with Crippen LogP contribution in [-0.2, 0) is 6.42 Å². The van der Waals surface area contributed by atoms with Gasteiger partial charge >= 0.3 is 0 Å². The summed E-state index contributed by atoms with van der Waals surface area (Å²) < 4.78 is 0. The largest absolute Gasteiger partial charge is 0.355 e. The first-order valence-electron chi connectivity index (χ1n) is 6.41. The summed E-state index contributed by atoms with van der Waals surface area (Å²) in [6.45, 7) is 8.58. The van der Waals surface area contributed by atoms with Gasteiger partial charge in [-0.1, -0.05) is 44.2 Å². The molecule has 0 heterocycles. The number of para-hydroxylation sites is 1. The van der Waals surface area contributed by atoms with Crippen molar-refractivity contribution in [2.45, 2.75) is 40.5 Å². The Bertz CT molecular complexity index is 413. The minimum atomic E-state index is 1.05. The summed E-state index contributed by atoms with van der Waals surface area (Å²) in [6.07, 6.45) is 6.50. The van der Waals surface area contributed by atoms with Crippen LogP contribution in [0.25, 0.3) is 0 Å². The first-order valence-corrected chi connectivity index (χ1v) is 6.41. The Balaban J connectivity index is 2.92. The van der Waals surface area contributed by atoms with E-state index < -0.39 is 0 Å². The molecule has 0 spiro atoms. The Kier molecular flexibility index (Phi) is 5.55.